The lowest BCUT2D eigenvalue weighted by Crippen LogP contribution is -1.98. The molecule has 0 saturated heterocycles. The van der Waals surface area contributed by atoms with Gasteiger partial charge in [-0.05, 0) is 66.9 Å². The molecule has 0 radical (unpaired) electrons. The monoisotopic (exact) mass is 415 g/mol. The molecule has 5 heteroatoms. The summed E-state index contributed by atoms with van der Waals surface area (Å²) in [4.78, 5) is 11.5. The van der Waals surface area contributed by atoms with Crippen molar-refractivity contribution in [1.82, 2.24) is 9.97 Å². The number of rotatable bonds is 7. The molecule has 2 N–H and O–H groups in total. The van der Waals surface area contributed by atoms with Crippen molar-refractivity contribution in [3.8, 4) is 0 Å². The molecule has 0 spiro atoms. The highest BCUT2D eigenvalue weighted by molar-refractivity contribution is 7.99. The standard InChI is InChI=1S/C25H25N3OS/c1-3-4-19-8-11-21-22(13-14-26-25(21)27-19)28-23-15-17(2)5-12-24(23)30-20-9-6-18(16-29)7-10-20/h5-15,29H,3-4,16H2,1-2H3,(H,26,27,28). The Morgan fingerprint density at radius 1 is 0.967 bits per heavy atom. The quantitative estimate of drug-likeness (QED) is 0.372. The van der Waals surface area contributed by atoms with Gasteiger partial charge in [0, 0.05) is 27.1 Å². The van der Waals surface area contributed by atoms with E-state index in [1.54, 1.807) is 11.8 Å². The van der Waals surface area contributed by atoms with Crippen LogP contribution >= 0.6 is 11.8 Å². The maximum atomic E-state index is 9.26. The fraction of sp³-hybridized carbons (Fsp3) is 0.200. The molecule has 0 bridgehead atoms. The van der Waals surface area contributed by atoms with Gasteiger partial charge in [-0.3, -0.25) is 0 Å². The maximum Gasteiger partial charge on any atom is 0.161 e. The molecular weight excluding hydrogens is 390 g/mol. The molecule has 0 aliphatic heterocycles. The van der Waals surface area contributed by atoms with Crippen LogP contribution in [0, 0.1) is 6.92 Å². The minimum Gasteiger partial charge on any atom is -0.392 e. The minimum atomic E-state index is 0.0609. The first-order valence-corrected chi connectivity index (χ1v) is 11.0. The number of aliphatic hydroxyl groups excluding tert-OH is 1. The summed E-state index contributed by atoms with van der Waals surface area (Å²) < 4.78 is 0. The number of fused-ring (bicyclic) bond motifs is 1. The van der Waals surface area contributed by atoms with Crippen molar-refractivity contribution in [1.29, 1.82) is 0 Å². The van der Waals surface area contributed by atoms with E-state index in [1.165, 1.54) is 5.56 Å². The van der Waals surface area contributed by atoms with E-state index in [-0.39, 0.29) is 6.61 Å². The number of aromatic nitrogens is 2. The van der Waals surface area contributed by atoms with Crippen molar-refractivity contribution in [2.24, 2.45) is 0 Å². The van der Waals surface area contributed by atoms with Gasteiger partial charge < -0.3 is 10.4 Å². The zero-order valence-electron chi connectivity index (χ0n) is 17.2. The predicted octanol–water partition coefficient (Wildman–Crippen LogP) is 6.28. The third-order valence-corrected chi connectivity index (χ3v) is 5.99. The summed E-state index contributed by atoms with van der Waals surface area (Å²) in [7, 11) is 0. The van der Waals surface area contributed by atoms with Gasteiger partial charge in [-0.1, -0.05) is 43.3 Å². The Labute approximate surface area is 181 Å². The fourth-order valence-electron chi connectivity index (χ4n) is 3.34. The van der Waals surface area contributed by atoms with Crippen LogP contribution in [0.25, 0.3) is 11.0 Å². The molecule has 4 aromatic rings. The summed E-state index contributed by atoms with van der Waals surface area (Å²) >= 11 is 1.70. The van der Waals surface area contributed by atoms with Gasteiger partial charge in [-0.2, -0.15) is 0 Å². The Hall–Kier alpha value is -2.89. The normalized spacial score (nSPS) is 11.0. The molecule has 0 unspecified atom stereocenters. The molecule has 0 saturated carbocycles. The molecule has 4 rings (SSSR count). The van der Waals surface area contributed by atoms with E-state index >= 15 is 0 Å². The van der Waals surface area contributed by atoms with Gasteiger partial charge >= 0.3 is 0 Å². The highest BCUT2D eigenvalue weighted by atomic mass is 32.2. The van der Waals surface area contributed by atoms with Crippen molar-refractivity contribution >= 4 is 34.2 Å². The van der Waals surface area contributed by atoms with Crippen LogP contribution in [0.15, 0.2) is 76.7 Å². The molecule has 30 heavy (non-hydrogen) atoms. The fourth-order valence-corrected chi connectivity index (χ4v) is 4.22. The number of anilines is 2. The average Bonchev–Trinajstić information content (AvgIpc) is 2.76. The highest BCUT2D eigenvalue weighted by Gasteiger charge is 2.10. The first kappa shape index (κ1) is 20.4. The van der Waals surface area contributed by atoms with Crippen LogP contribution in [-0.2, 0) is 13.0 Å². The Bertz CT molecular complexity index is 1160. The lowest BCUT2D eigenvalue weighted by atomic mass is 10.1. The number of hydrogen-bond acceptors (Lipinski definition) is 5. The third kappa shape index (κ3) is 4.64. The van der Waals surface area contributed by atoms with E-state index in [9.17, 15) is 5.11 Å². The van der Waals surface area contributed by atoms with Gasteiger partial charge in [0.05, 0.1) is 18.0 Å². The summed E-state index contributed by atoms with van der Waals surface area (Å²) in [5.74, 6) is 0. The maximum absolute atomic E-state index is 9.26. The number of hydrogen-bond donors (Lipinski definition) is 2. The molecule has 4 nitrogen and oxygen atoms in total. The van der Waals surface area contributed by atoms with Crippen molar-refractivity contribution in [3.05, 3.63) is 83.7 Å². The smallest absolute Gasteiger partial charge is 0.161 e. The van der Waals surface area contributed by atoms with Gasteiger partial charge in [0.2, 0.25) is 0 Å². The number of pyridine rings is 2. The van der Waals surface area contributed by atoms with Crippen LogP contribution in [0.4, 0.5) is 11.4 Å². The molecular formula is C25H25N3OS. The third-order valence-electron chi connectivity index (χ3n) is 4.91. The lowest BCUT2D eigenvalue weighted by molar-refractivity contribution is 0.282. The predicted molar refractivity (Wildman–Crippen MR) is 124 cm³/mol. The first-order chi connectivity index (χ1) is 14.7. The zero-order chi connectivity index (χ0) is 20.9. The van der Waals surface area contributed by atoms with Crippen LogP contribution in [0.5, 0.6) is 0 Å². The number of nitrogens with zero attached hydrogens (tertiary/aromatic N) is 2. The van der Waals surface area contributed by atoms with Gasteiger partial charge in [-0.25, -0.2) is 9.97 Å². The molecule has 0 aliphatic carbocycles. The van der Waals surface area contributed by atoms with E-state index in [4.69, 9.17) is 4.98 Å². The van der Waals surface area contributed by atoms with E-state index in [1.807, 2.05) is 36.5 Å². The van der Waals surface area contributed by atoms with Crippen molar-refractivity contribution in [3.63, 3.8) is 0 Å². The Morgan fingerprint density at radius 3 is 2.57 bits per heavy atom. The van der Waals surface area contributed by atoms with E-state index in [2.05, 4.69) is 54.5 Å². The van der Waals surface area contributed by atoms with E-state index in [0.717, 1.165) is 56.3 Å². The van der Waals surface area contributed by atoms with Gasteiger partial charge in [0.15, 0.2) is 5.65 Å². The summed E-state index contributed by atoms with van der Waals surface area (Å²) in [6.07, 6.45) is 3.84. The van der Waals surface area contributed by atoms with E-state index in [0.29, 0.717) is 0 Å². The topological polar surface area (TPSA) is 58.0 Å². The molecule has 0 aliphatic rings. The second-order valence-electron chi connectivity index (χ2n) is 7.31. The largest absolute Gasteiger partial charge is 0.392 e. The highest BCUT2D eigenvalue weighted by Crippen LogP contribution is 2.36. The summed E-state index contributed by atoms with van der Waals surface area (Å²) in [5.41, 5.74) is 6.01. The van der Waals surface area contributed by atoms with Crippen molar-refractivity contribution < 1.29 is 5.11 Å². The summed E-state index contributed by atoms with van der Waals surface area (Å²) in [6, 6.07) is 20.6. The second-order valence-corrected chi connectivity index (χ2v) is 8.43. The number of benzene rings is 2. The molecule has 0 amide bonds. The first-order valence-electron chi connectivity index (χ1n) is 10.2. The molecule has 2 heterocycles. The Balaban J connectivity index is 1.66. The van der Waals surface area contributed by atoms with Crippen LogP contribution in [0.1, 0.15) is 30.2 Å². The second kappa shape index (κ2) is 9.28. The zero-order valence-corrected chi connectivity index (χ0v) is 18.0. The lowest BCUT2D eigenvalue weighted by Gasteiger charge is -2.15. The molecule has 2 aromatic heterocycles. The van der Waals surface area contributed by atoms with Crippen LogP contribution < -0.4 is 5.32 Å². The Morgan fingerprint density at radius 2 is 1.80 bits per heavy atom. The van der Waals surface area contributed by atoms with Gasteiger partial charge in [-0.15, -0.1) is 0 Å². The number of nitrogens with one attached hydrogen (secondary N) is 1. The summed E-state index contributed by atoms with van der Waals surface area (Å²) in [6.45, 7) is 4.32. The SMILES string of the molecule is CCCc1ccc2c(Nc3cc(C)ccc3Sc3ccc(CO)cc3)ccnc2n1. The van der Waals surface area contributed by atoms with Gasteiger partial charge in [0.25, 0.3) is 0 Å². The average molecular weight is 416 g/mol. The van der Waals surface area contributed by atoms with Gasteiger partial charge in [0.1, 0.15) is 0 Å². The van der Waals surface area contributed by atoms with Crippen molar-refractivity contribution in [2.45, 2.75) is 43.1 Å². The number of aryl methyl sites for hydroxylation is 2. The van der Waals surface area contributed by atoms with Crippen molar-refractivity contribution in [2.75, 3.05) is 5.32 Å². The van der Waals surface area contributed by atoms with E-state index < -0.39 is 0 Å². The molecule has 152 valence electrons. The van der Waals surface area contributed by atoms with Crippen LogP contribution in [0.2, 0.25) is 0 Å². The van der Waals surface area contributed by atoms with Crippen LogP contribution in [0.3, 0.4) is 0 Å². The summed E-state index contributed by atoms with van der Waals surface area (Å²) in [5, 5.41) is 13.9. The van der Waals surface area contributed by atoms with Crippen LogP contribution in [-0.4, -0.2) is 15.1 Å². The Kier molecular flexibility index (Phi) is 6.31. The molecule has 0 fully saturated rings. The minimum absolute atomic E-state index is 0.0609. The molecule has 2 aromatic carbocycles. The number of aliphatic hydroxyl groups is 1. The molecule has 0 atom stereocenters.